The van der Waals surface area contributed by atoms with E-state index in [1.165, 1.54) is 15.8 Å². The molecule has 2 aliphatic heterocycles. The van der Waals surface area contributed by atoms with Crippen molar-refractivity contribution in [1.29, 1.82) is 0 Å². The average Bonchev–Trinajstić information content (AvgIpc) is 2.94. The molecular weight excluding hydrogens is 320 g/mol. The lowest BCUT2D eigenvalue weighted by atomic mass is 9.94. The summed E-state index contributed by atoms with van der Waals surface area (Å²) < 4.78 is 8.28. The van der Waals surface area contributed by atoms with Gasteiger partial charge in [-0.25, -0.2) is 9.48 Å². The number of amides is 1. The number of aromatic nitrogens is 3. The van der Waals surface area contributed by atoms with Crippen LogP contribution >= 0.6 is 0 Å². The van der Waals surface area contributed by atoms with Crippen LogP contribution in [0.2, 0.25) is 0 Å². The standard InChI is InChI=1S/C18H22N4O3/c1-20-18(24)22-11-14(4-6-16(22)19-20)17(23)21-8-7-12-9-15(25-2)5-3-13(12)10-21/h3,5,9,14H,4,6-8,10-11H2,1-2H3/t14-/m0/s1. The van der Waals surface area contributed by atoms with Crippen LogP contribution in [0.5, 0.6) is 5.75 Å². The minimum Gasteiger partial charge on any atom is -0.497 e. The lowest BCUT2D eigenvalue weighted by Gasteiger charge is -2.33. The van der Waals surface area contributed by atoms with E-state index < -0.39 is 0 Å². The maximum absolute atomic E-state index is 13.0. The molecule has 0 bridgehead atoms. The summed E-state index contributed by atoms with van der Waals surface area (Å²) in [6, 6.07) is 6.03. The van der Waals surface area contributed by atoms with Crippen LogP contribution in [0.3, 0.4) is 0 Å². The summed E-state index contributed by atoms with van der Waals surface area (Å²) in [5.41, 5.74) is 2.29. The molecular formula is C18H22N4O3. The third kappa shape index (κ3) is 2.73. The van der Waals surface area contributed by atoms with E-state index in [0.29, 0.717) is 26.1 Å². The minimum atomic E-state index is -0.144. The number of carbonyl (C=O) groups is 1. The second kappa shape index (κ2) is 6.06. The van der Waals surface area contributed by atoms with Crippen molar-refractivity contribution in [1.82, 2.24) is 19.2 Å². The Morgan fingerprint density at radius 2 is 2.12 bits per heavy atom. The van der Waals surface area contributed by atoms with Gasteiger partial charge in [0, 0.05) is 33.1 Å². The second-order valence-electron chi connectivity index (χ2n) is 6.81. The fourth-order valence-corrected chi connectivity index (χ4v) is 3.84. The first-order valence-corrected chi connectivity index (χ1v) is 8.64. The van der Waals surface area contributed by atoms with Crippen molar-refractivity contribution < 1.29 is 9.53 Å². The summed E-state index contributed by atoms with van der Waals surface area (Å²) in [4.78, 5) is 27.0. The number of carbonyl (C=O) groups excluding carboxylic acids is 1. The first-order chi connectivity index (χ1) is 12.1. The first kappa shape index (κ1) is 15.9. The van der Waals surface area contributed by atoms with Crippen LogP contribution in [0.15, 0.2) is 23.0 Å². The molecule has 0 aliphatic carbocycles. The summed E-state index contributed by atoms with van der Waals surface area (Å²) in [6.45, 7) is 1.78. The molecule has 3 heterocycles. The van der Waals surface area contributed by atoms with Crippen molar-refractivity contribution in [2.45, 2.75) is 32.4 Å². The Morgan fingerprint density at radius 3 is 2.92 bits per heavy atom. The Balaban J connectivity index is 1.50. The smallest absolute Gasteiger partial charge is 0.345 e. The van der Waals surface area contributed by atoms with Crippen molar-refractivity contribution in [3.63, 3.8) is 0 Å². The maximum atomic E-state index is 13.0. The molecule has 0 N–H and O–H groups in total. The van der Waals surface area contributed by atoms with Gasteiger partial charge in [0.1, 0.15) is 11.6 Å². The zero-order chi connectivity index (χ0) is 17.6. The molecule has 1 aromatic heterocycles. The summed E-state index contributed by atoms with van der Waals surface area (Å²) in [7, 11) is 3.32. The van der Waals surface area contributed by atoms with Crippen LogP contribution in [0.25, 0.3) is 0 Å². The quantitative estimate of drug-likeness (QED) is 0.807. The molecule has 0 fully saturated rings. The predicted octanol–water partition coefficient (Wildman–Crippen LogP) is 0.738. The van der Waals surface area contributed by atoms with E-state index in [4.69, 9.17) is 4.74 Å². The highest BCUT2D eigenvalue weighted by Gasteiger charge is 2.32. The average molecular weight is 342 g/mol. The van der Waals surface area contributed by atoms with Crippen LogP contribution in [0, 0.1) is 5.92 Å². The Bertz CT molecular complexity index is 883. The van der Waals surface area contributed by atoms with Gasteiger partial charge in [0.25, 0.3) is 0 Å². The summed E-state index contributed by atoms with van der Waals surface area (Å²) in [5.74, 6) is 1.64. The van der Waals surface area contributed by atoms with Crippen LogP contribution in [-0.4, -0.2) is 38.8 Å². The summed E-state index contributed by atoms with van der Waals surface area (Å²) in [6.07, 6.45) is 2.26. The highest BCUT2D eigenvalue weighted by atomic mass is 16.5. The molecule has 1 atom stereocenters. The van der Waals surface area contributed by atoms with Crippen molar-refractivity contribution in [2.75, 3.05) is 13.7 Å². The number of benzene rings is 1. The topological polar surface area (TPSA) is 69.4 Å². The number of hydrogen-bond acceptors (Lipinski definition) is 4. The first-order valence-electron chi connectivity index (χ1n) is 8.64. The lowest BCUT2D eigenvalue weighted by Crippen LogP contribution is -2.43. The highest BCUT2D eigenvalue weighted by molar-refractivity contribution is 5.79. The number of aryl methyl sites for hydroxylation is 2. The Morgan fingerprint density at radius 1 is 1.28 bits per heavy atom. The highest BCUT2D eigenvalue weighted by Crippen LogP contribution is 2.26. The van der Waals surface area contributed by atoms with Gasteiger partial charge in [0.2, 0.25) is 5.91 Å². The van der Waals surface area contributed by atoms with Crippen molar-refractivity contribution in [2.24, 2.45) is 13.0 Å². The van der Waals surface area contributed by atoms with Gasteiger partial charge >= 0.3 is 5.69 Å². The summed E-state index contributed by atoms with van der Waals surface area (Å²) >= 11 is 0. The van der Waals surface area contributed by atoms with Gasteiger partial charge in [0.15, 0.2) is 0 Å². The van der Waals surface area contributed by atoms with Crippen LogP contribution in [0.4, 0.5) is 0 Å². The van der Waals surface area contributed by atoms with Gasteiger partial charge in [-0.3, -0.25) is 9.36 Å². The molecule has 4 rings (SSSR count). The van der Waals surface area contributed by atoms with Gasteiger partial charge < -0.3 is 9.64 Å². The number of ether oxygens (including phenoxy) is 1. The van der Waals surface area contributed by atoms with Crippen molar-refractivity contribution in [3.8, 4) is 5.75 Å². The third-order valence-corrected chi connectivity index (χ3v) is 5.29. The zero-order valence-electron chi connectivity index (χ0n) is 14.6. The van der Waals surface area contributed by atoms with E-state index in [1.54, 1.807) is 18.7 Å². The molecule has 1 amide bonds. The van der Waals surface area contributed by atoms with Gasteiger partial charge in [-0.1, -0.05) is 6.07 Å². The molecule has 0 spiro atoms. The van der Waals surface area contributed by atoms with Gasteiger partial charge in [-0.05, 0) is 36.1 Å². The maximum Gasteiger partial charge on any atom is 0.345 e. The molecule has 0 radical (unpaired) electrons. The van der Waals surface area contributed by atoms with E-state index >= 15 is 0 Å². The molecule has 0 saturated carbocycles. The minimum absolute atomic E-state index is 0.136. The van der Waals surface area contributed by atoms with Crippen molar-refractivity contribution in [3.05, 3.63) is 45.6 Å². The van der Waals surface area contributed by atoms with E-state index in [1.807, 2.05) is 17.0 Å². The van der Waals surface area contributed by atoms with Gasteiger partial charge in [-0.15, -0.1) is 0 Å². The SMILES string of the molecule is COc1ccc2c(c1)CCN(C(=O)[C@H]1CCc3nn(C)c(=O)n3C1)C2. The Hall–Kier alpha value is -2.57. The van der Waals surface area contributed by atoms with E-state index in [9.17, 15) is 9.59 Å². The molecule has 7 nitrogen and oxygen atoms in total. The molecule has 0 unspecified atom stereocenters. The van der Waals surface area contributed by atoms with Crippen molar-refractivity contribution >= 4 is 5.91 Å². The number of methoxy groups -OCH3 is 1. The second-order valence-corrected chi connectivity index (χ2v) is 6.81. The normalized spacial score (nSPS) is 19.3. The number of nitrogens with zero attached hydrogens (tertiary/aromatic N) is 4. The van der Waals surface area contributed by atoms with E-state index in [2.05, 4.69) is 11.2 Å². The Labute approximate surface area is 145 Å². The number of fused-ring (bicyclic) bond motifs is 2. The lowest BCUT2D eigenvalue weighted by molar-refractivity contribution is -0.137. The van der Waals surface area contributed by atoms with E-state index in [-0.39, 0.29) is 17.5 Å². The fraction of sp³-hybridized carbons (Fsp3) is 0.500. The monoisotopic (exact) mass is 342 g/mol. The van der Waals surface area contributed by atoms with Crippen LogP contribution in [0.1, 0.15) is 23.4 Å². The number of hydrogen-bond donors (Lipinski definition) is 0. The number of rotatable bonds is 2. The van der Waals surface area contributed by atoms with Gasteiger partial charge in [0.05, 0.1) is 13.0 Å². The van der Waals surface area contributed by atoms with Gasteiger partial charge in [-0.2, -0.15) is 5.10 Å². The zero-order valence-corrected chi connectivity index (χ0v) is 14.6. The van der Waals surface area contributed by atoms with Crippen LogP contribution < -0.4 is 10.4 Å². The predicted molar refractivity (Wildman–Crippen MR) is 91.4 cm³/mol. The summed E-state index contributed by atoms with van der Waals surface area (Å²) in [5, 5.41) is 4.23. The fourth-order valence-electron chi connectivity index (χ4n) is 3.84. The molecule has 25 heavy (non-hydrogen) atoms. The molecule has 132 valence electrons. The largest absolute Gasteiger partial charge is 0.497 e. The molecule has 0 saturated heterocycles. The molecule has 1 aromatic carbocycles. The van der Waals surface area contributed by atoms with Crippen LogP contribution in [-0.2, 0) is 37.8 Å². The van der Waals surface area contributed by atoms with E-state index in [0.717, 1.165) is 24.4 Å². The Kier molecular flexibility index (Phi) is 3.86. The molecule has 2 aromatic rings. The third-order valence-electron chi connectivity index (χ3n) is 5.29. The molecule has 2 aliphatic rings. The molecule has 7 heteroatoms.